The van der Waals surface area contributed by atoms with Gasteiger partial charge < -0.3 is 4.74 Å². The maximum atomic E-state index is 5.17. The molecule has 0 aromatic heterocycles. The molecular formula is C19H22N2O. The highest BCUT2D eigenvalue weighted by Crippen LogP contribution is 2.33. The van der Waals surface area contributed by atoms with Crippen LogP contribution < -0.4 is 4.74 Å². The summed E-state index contributed by atoms with van der Waals surface area (Å²) in [6.07, 6.45) is 5.36. The fraction of sp³-hybridized carbons (Fsp3) is 0.263. The van der Waals surface area contributed by atoms with Gasteiger partial charge in [0, 0.05) is 0 Å². The smallest absolute Gasteiger partial charge is 0.126 e. The van der Waals surface area contributed by atoms with E-state index in [9.17, 15) is 0 Å². The molecule has 0 radical (unpaired) electrons. The van der Waals surface area contributed by atoms with Crippen LogP contribution in [0.1, 0.15) is 25.8 Å². The summed E-state index contributed by atoms with van der Waals surface area (Å²) >= 11 is 0. The van der Waals surface area contributed by atoms with Gasteiger partial charge >= 0.3 is 0 Å². The topological polar surface area (TPSA) is 34.0 Å². The third kappa shape index (κ3) is 4.55. The van der Waals surface area contributed by atoms with Crippen LogP contribution >= 0.6 is 0 Å². The fourth-order valence-electron chi connectivity index (χ4n) is 2.16. The van der Waals surface area contributed by atoms with E-state index in [1.807, 2.05) is 36.4 Å². The Balaban J connectivity index is 0.00000176. The normalized spacial score (nSPS) is 13.6. The molecule has 22 heavy (non-hydrogen) atoms. The zero-order valence-corrected chi connectivity index (χ0v) is 11.9. The summed E-state index contributed by atoms with van der Waals surface area (Å²) < 4.78 is 5.17. The monoisotopic (exact) mass is 294 g/mol. The van der Waals surface area contributed by atoms with Gasteiger partial charge in [-0.2, -0.15) is 10.2 Å². The predicted molar refractivity (Wildman–Crippen MR) is 91.0 cm³/mol. The van der Waals surface area contributed by atoms with Gasteiger partial charge in [0.1, 0.15) is 5.75 Å². The Labute approximate surface area is 132 Å². The maximum Gasteiger partial charge on any atom is 0.126 e. The number of ether oxygens (including phenoxy) is 1. The van der Waals surface area contributed by atoms with Gasteiger partial charge in [-0.25, -0.2) is 0 Å². The van der Waals surface area contributed by atoms with Crippen LogP contribution in [-0.2, 0) is 6.42 Å². The van der Waals surface area contributed by atoms with Crippen molar-refractivity contribution in [2.75, 3.05) is 0 Å². The zero-order chi connectivity index (χ0) is 14.5. The van der Waals surface area contributed by atoms with E-state index < -0.39 is 0 Å². The maximum absolute atomic E-state index is 5.17. The molecule has 0 amide bonds. The number of benzene rings is 2. The quantitative estimate of drug-likeness (QED) is 0.460. The Kier molecular flexibility index (Phi) is 5.48. The molecule has 0 spiro atoms. The summed E-state index contributed by atoms with van der Waals surface area (Å²) in [4.78, 5) is 0. The number of hydrogen-bond acceptors (Lipinski definition) is 3. The van der Waals surface area contributed by atoms with Gasteiger partial charge in [0.15, 0.2) is 0 Å². The number of azo groups is 1. The lowest BCUT2D eigenvalue weighted by Crippen LogP contribution is -1.84. The second-order valence-electron chi connectivity index (χ2n) is 5.29. The average molecular weight is 294 g/mol. The Hall–Kier alpha value is -2.42. The van der Waals surface area contributed by atoms with E-state index in [2.05, 4.69) is 28.9 Å². The largest absolute Gasteiger partial charge is 0.466 e. The van der Waals surface area contributed by atoms with E-state index >= 15 is 0 Å². The van der Waals surface area contributed by atoms with Gasteiger partial charge in [0.25, 0.3) is 0 Å². The van der Waals surface area contributed by atoms with Crippen molar-refractivity contribution in [3.63, 3.8) is 0 Å². The van der Waals surface area contributed by atoms with Crippen LogP contribution in [-0.4, -0.2) is 0 Å². The van der Waals surface area contributed by atoms with E-state index in [4.69, 9.17) is 4.74 Å². The van der Waals surface area contributed by atoms with Crippen molar-refractivity contribution in [2.45, 2.75) is 26.7 Å². The average Bonchev–Trinajstić information content (AvgIpc) is 3.32. The van der Waals surface area contributed by atoms with Crippen LogP contribution in [0.15, 0.2) is 71.6 Å². The third-order valence-electron chi connectivity index (χ3n) is 3.49. The minimum absolute atomic E-state index is 0. The van der Waals surface area contributed by atoms with Gasteiger partial charge in [-0.05, 0) is 67.1 Å². The van der Waals surface area contributed by atoms with Crippen molar-refractivity contribution in [2.24, 2.45) is 16.1 Å². The number of hydrogen-bond donors (Lipinski definition) is 0. The predicted octanol–water partition coefficient (Wildman–Crippen LogP) is 6.21. The summed E-state index contributed by atoms with van der Waals surface area (Å²) in [5.41, 5.74) is 3.07. The first-order chi connectivity index (χ1) is 10.3. The summed E-state index contributed by atoms with van der Waals surface area (Å²) in [5.74, 6) is 1.65. The van der Waals surface area contributed by atoms with Crippen molar-refractivity contribution >= 4 is 11.4 Å². The first kappa shape index (κ1) is 16.0. The van der Waals surface area contributed by atoms with E-state index in [-0.39, 0.29) is 7.43 Å². The van der Waals surface area contributed by atoms with Gasteiger partial charge in [-0.3, -0.25) is 0 Å². The van der Waals surface area contributed by atoms with Gasteiger partial charge in [0.05, 0.1) is 17.6 Å². The van der Waals surface area contributed by atoms with E-state index in [0.29, 0.717) is 0 Å². The van der Waals surface area contributed by atoms with Gasteiger partial charge in [0.2, 0.25) is 0 Å². The molecule has 2 aromatic rings. The SMILES string of the molecule is C.C=COc1ccc(N=Nc2ccc(CC3CC3)cc2)cc1. The summed E-state index contributed by atoms with van der Waals surface area (Å²) in [7, 11) is 0. The molecular weight excluding hydrogens is 272 g/mol. The van der Waals surface area contributed by atoms with Crippen molar-refractivity contribution in [1.82, 2.24) is 0 Å². The number of rotatable bonds is 6. The van der Waals surface area contributed by atoms with Crippen LogP contribution in [0.5, 0.6) is 5.75 Å². The molecule has 1 fully saturated rings. The Morgan fingerprint density at radius 2 is 1.50 bits per heavy atom. The fourth-order valence-corrected chi connectivity index (χ4v) is 2.16. The van der Waals surface area contributed by atoms with Crippen LogP contribution in [0, 0.1) is 5.92 Å². The minimum atomic E-state index is 0. The second kappa shape index (κ2) is 7.55. The molecule has 3 nitrogen and oxygen atoms in total. The third-order valence-corrected chi connectivity index (χ3v) is 3.49. The highest BCUT2D eigenvalue weighted by Gasteiger charge is 2.21. The molecule has 0 N–H and O–H groups in total. The molecule has 3 heteroatoms. The van der Waals surface area contributed by atoms with Crippen molar-refractivity contribution in [3.05, 3.63) is 66.9 Å². The Morgan fingerprint density at radius 3 is 2.00 bits per heavy atom. The van der Waals surface area contributed by atoms with Crippen molar-refractivity contribution in [3.8, 4) is 5.75 Å². The first-order valence-electron chi connectivity index (χ1n) is 7.22. The molecule has 0 bridgehead atoms. The molecule has 0 unspecified atom stereocenters. The molecule has 0 saturated heterocycles. The molecule has 0 aliphatic heterocycles. The van der Waals surface area contributed by atoms with Crippen LogP contribution in [0.4, 0.5) is 11.4 Å². The molecule has 3 rings (SSSR count). The van der Waals surface area contributed by atoms with Crippen LogP contribution in [0.2, 0.25) is 0 Å². The van der Waals surface area contributed by atoms with Crippen LogP contribution in [0.25, 0.3) is 0 Å². The zero-order valence-electron chi connectivity index (χ0n) is 11.9. The standard InChI is InChI=1S/C18H18N2O.CH4/c1-2-21-18-11-9-17(10-12-18)20-19-16-7-5-15(6-8-16)13-14-3-4-14;/h2,5-12,14H,1,3-4,13H2;1H4. The van der Waals surface area contributed by atoms with Crippen LogP contribution in [0.3, 0.4) is 0 Å². The molecule has 114 valence electrons. The summed E-state index contributed by atoms with van der Waals surface area (Å²) in [6.45, 7) is 3.52. The second-order valence-corrected chi connectivity index (χ2v) is 5.29. The highest BCUT2D eigenvalue weighted by molar-refractivity contribution is 5.43. The molecule has 1 aliphatic carbocycles. The van der Waals surface area contributed by atoms with Gasteiger partial charge in [-0.1, -0.05) is 26.1 Å². The Bertz CT molecular complexity index is 625. The van der Waals surface area contributed by atoms with Gasteiger partial charge in [-0.15, -0.1) is 0 Å². The lowest BCUT2D eigenvalue weighted by molar-refractivity contribution is 0.483. The number of nitrogens with zero attached hydrogens (tertiary/aromatic N) is 2. The van der Waals surface area contributed by atoms with Crippen molar-refractivity contribution in [1.29, 1.82) is 0 Å². The molecule has 1 saturated carbocycles. The molecule has 2 aromatic carbocycles. The summed E-state index contributed by atoms with van der Waals surface area (Å²) in [6, 6.07) is 15.8. The lowest BCUT2D eigenvalue weighted by atomic mass is 10.1. The molecule has 0 atom stereocenters. The lowest BCUT2D eigenvalue weighted by Gasteiger charge is -2.00. The Morgan fingerprint density at radius 1 is 0.955 bits per heavy atom. The summed E-state index contributed by atoms with van der Waals surface area (Å²) in [5, 5.41) is 8.48. The minimum Gasteiger partial charge on any atom is -0.466 e. The van der Waals surface area contributed by atoms with E-state index in [0.717, 1.165) is 23.0 Å². The first-order valence-corrected chi connectivity index (χ1v) is 7.22. The highest BCUT2D eigenvalue weighted by atomic mass is 16.5. The molecule has 1 aliphatic rings. The van der Waals surface area contributed by atoms with E-state index in [1.54, 1.807) is 0 Å². The van der Waals surface area contributed by atoms with Crippen molar-refractivity contribution < 1.29 is 4.74 Å². The molecule has 0 heterocycles. The van der Waals surface area contributed by atoms with E-state index in [1.165, 1.54) is 31.1 Å².